The highest BCUT2D eigenvalue weighted by Gasteiger charge is 2.72. The molecule has 1 saturated carbocycles. The van der Waals surface area contributed by atoms with Gasteiger partial charge < -0.3 is 15.0 Å². The van der Waals surface area contributed by atoms with E-state index in [1.54, 1.807) is 24.3 Å². The van der Waals surface area contributed by atoms with Crippen LogP contribution in [0.25, 0.3) is 0 Å². The molecular weight excluding hydrogens is 497 g/mol. The van der Waals surface area contributed by atoms with Crippen LogP contribution in [-0.2, 0) is 20.8 Å². The minimum Gasteiger partial charge on any atom is -0.497 e. The van der Waals surface area contributed by atoms with E-state index in [0.717, 1.165) is 18.4 Å². The van der Waals surface area contributed by atoms with Gasteiger partial charge in [0.15, 0.2) is 5.78 Å². The molecule has 9 heteroatoms. The summed E-state index contributed by atoms with van der Waals surface area (Å²) in [5, 5.41) is 2.07. The summed E-state index contributed by atoms with van der Waals surface area (Å²) < 4.78 is 50.3. The number of hydrogen-bond acceptors (Lipinski definition) is 4. The highest BCUT2D eigenvalue weighted by atomic mass is 19.4. The Bertz CT molecular complexity index is 1140. The SMILES string of the molecule is COc1ccc(CCC(=O)N[C@]2(C(F)(F)F)C(=O)N([C@H]3CCC[C@H](C)[C@@H]3C)C3=C2C(=O)CC(C)(C)C3)cc1. The van der Waals surface area contributed by atoms with Crippen molar-refractivity contribution >= 4 is 17.6 Å². The van der Waals surface area contributed by atoms with Gasteiger partial charge in [0.2, 0.25) is 11.4 Å². The van der Waals surface area contributed by atoms with Crippen LogP contribution in [0.15, 0.2) is 35.5 Å². The number of hydrogen-bond donors (Lipinski definition) is 1. The maximum atomic E-state index is 15.1. The van der Waals surface area contributed by atoms with Gasteiger partial charge in [-0.3, -0.25) is 14.4 Å². The largest absolute Gasteiger partial charge is 0.497 e. The monoisotopic (exact) mass is 534 g/mol. The van der Waals surface area contributed by atoms with Crippen molar-refractivity contribution in [1.29, 1.82) is 0 Å². The third-order valence-corrected chi connectivity index (χ3v) is 8.61. The van der Waals surface area contributed by atoms with E-state index in [2.05, 4.69) is 5.32 Å². The zero-order chi connectivity index (χ0) is 28.0. The molecule has 0 unspecified atom stereocenters. The van der Waals surface area contributed by atoms with Gasteiger partial charge in [-0.2, -0.15) is 13.2 Å². The quantitative estimate of drug-likeness (QED) is 0.534. The Hall–Kier alpha value is -2.84. The molecule has 4 rings (SSSR count). The molecule has 0 spiro atoms. The first kappa shape index (κ1) is 28.2. The van der Waals surface area contributed by atoms with E-state index in [0.29, 0.717) is 12.2 Å². The number of carbonyl (C=O) groups excluding carboxylic acids is 3. The van der Waals surface area contributed by atoms with Crippen molar-refractivity contribution in [3.05, 3.63) is 41.1 Å². The van der Waals surface area contributed by atoms with Crippen molar-refractivity contribution in [1.82, 2.24) is 10.2 Å². The first-order valence-electron chi connectivity index (χ1n) is 13.3. The number of benzene rings is 1. The van der Waals surface area contributed by atoms with Crippen LogP contribution in [0.4, 0.5) is 13.2 Å². The minimum atomic E-state index is -5.18. The van der Waals surface area contributed by atoms with E-state index < -0.39 is 46.3 Å². The van der Waals surface area contributed by atoms with E-state index in [1.165, 1.54) is 12.0 Å². The highest BCUT2D eigenvalue weighted by molar-refractivity contribution is 6.13. The predicted octanol–water partition coefficient (Wildman–Crippen LogP) is 5.36. The summed E-state index contributed by atoms with van der Waals surface area (Å²) in [5.74, 6) is -2.10. The predicted molar refractivity (Wildman–Crippen MR) is 136 cm³/mol. The lowest BCUT2D eigenvalue weighted by Gasteiger charge is -2.43. The van der Waals surface area contributed by atoms with Crippen LogP contribution in [0.5, 0.6) is 5.75 Å². The zero-order valence-electron chi connectivity index (χ0n) is 22.7. The summed E-state index contributed by atoms with van der Waals surface area (Å²) >= 11 is 0. The zero-order valence-corrected chi connectivity index (χ0v) is 22.7. The number of alkyl halides is 3. The van der Waals surface area contributed by atoms with Gasteiger partial charge in [0.25, 0.3) is 5.91 Å². The number of aryl methyl sites for hydroxylation is 1. The van der Waals surface area contributed by atoms with Crippen LogP contribution >= 0.6 is 0 Å². The molecule has 1 aromatic rings. The minimum absolute atomic E-state index is 0.0450. The lowest BCUT2D eigenvalue weighted by Crippen LogP contribution is -2.67. The number of nitrogens with zero attached hydrogens (tertiary/aromatic N) is 1. The standard InChI is InChI=1S/C29H37F3N2O4/c1-17-7-6-8-21(18(17)2)34-22-15-27(3,4)16-23(35)25(22)28(26(34)37,29(30,31)32)33-24(36)14-11-19-9-12-20(38-5)13-10-19/h9-10,12-13,17-18,21H,6-8,11,14-16H2,1-5H3,(H,33,36)/t17-,18-,21-,28-/m0/s1. The van der Waals surface area contributed by atoms with E-state index in [1.807, 2.05) is 27.7 Å². The van der Waals surface area contributed by atoms with E-state index in [9.17, 15) is 14.4 Å². The number of rotatable bonds is 6. The maximum Gasteiger partial charge on any atom is 0.425 e. The van der Waals surface area contributed by atoms with Crippen molar-refractivity contribution in [2.24, 2.45) is 17.3 Å². The number of nitrogens with one attached hydrogen (secondary N) is 1. The molecule has 1 aliphatic heterocycles. The number of carbonyl (C=O) groups is 3. The van der Waals surface area contributed by atoms with Crippen molar-refractivity contribution in [2.75, 3.05) is 7.11 Å². The molecular formula is C29H37F3N2O4. The Morgan fingerprint density at radius 1 is 1.11 bits per heavy atom. The molecule has 208 valence electrons. The maximum absolute atomic E-state index is 15.1. The highest BCUT2D eigenvalue weighted by Crippen LogP contribution is 2.53. The Kier molecular flexibility index (Phi) is 7.45. The summed E-state index contributed by atoms with van der Waals surface area (Å²) in [5.41, 5.74) is -3.68. The smallest absolute Gasteiger partial charge is 0.425 e. The summed E-state index contributed by atoms with van der Waals surface area (Å²) in [6.45, 7) is 7.65. The van der Waals surface area contributed by atoms with Crippen molar-refractivity contribution in [2.45, 2.75) is 90.4 Å². The lowest BCUT2D eigenvalue weighted by atomic mass is 9.72. The number of allylic oxidation sites excluding steroid dienone is 1. The molecule has 2 aliphatic carbocycles. The van der Waals surface area contributed by atoms with E-state index in [4.69, 9.17) is 4.74 Å². The average Bonchev–Trinajstić information content (AvgIpc) is 3.07. The number of amides is 2. The van der Waals surface area contributed by atoms with Gasteiger partial charge in [0.05, 0.1) is 12.7 Å². The van der Waals surface area contributed by atoms with Gasteiger partial charge in [-0.05, 0) is 54.2 Å². The number of halogens is 3. The van der Waals surface area contributed by atoms with Gasteiger partial charge in [-0.25, -0.2) is 0 Å². The molecule has 0 saturated heterocycles. The Morgan fingerprint density at radius 3 is 2.37 bits per heavy atom. The summed E-state index contributed by atoms with van der Waals surface area (Å²) in [6.07, 6.45) is -2.96. The molecule has 1 fully saturated rings. The number of Topliss-reactive ketones (excluding diaryl/α,β-unsaturated/α-hetero) is 1. The summed E-state index contributed by atoms with van der Waals surface area (Å²) in [6, 6.07) is 6.40. The Labute approximate surface area is 222 Å². The van der Waals surface area contributed by atoms with Gasteiger partial charge in [-0.15, -0.1) is 0 Å². The number of methoxy groups -OCH3 is 1. The summed E-state index contributed by atoms with van der Waals surface area (Å²) in [4.78, 5) is 41.7. The van der Waals surface area contributed by atoms with Gasteiger partial charge >= 0.3 is 6.18 Å². The van der Waals surface area contributed by atoms with Crippen LogP contribution in [0.2, 0.25) is 0 Å². The van der Waals surface area contributed by atoms with Crippen LogP contribution in [0.3, 0.4) is 0 Å². The fourth-order valence-electron chi connectivity index (χ4n) is 6.37. The fourth-order valence-corrected chi connectivity index (χ4v) is 6.37. The second-order valence-electron chi connectivity index (χ2n) is 11.9. The molecule has 2 amide bonds. The molecule has 4 atom stereocenters. The molecule has 3 aliphatic rings. The first-order chi connectivity index (χ1) is 17.7. The molecule has 1 N–H and O–H groups in total. The number of ketones is 1. The van der Waals surface area contributed by atoms with Gasteiger partial charge in [0.1, 0.15) is 5.75 Å². The van der Waals surface area contributed by atoms with Crippen LogP contribution in [0, 0.1) is 17.3 Å². The van der Waals surface area contributed by atoms with Crippen molar-refractivity contribution in [3.8, 4) is 5.75 Å². The van der Waals surface area contributed by atoms with Crippen molar-refractivity contribution < 1.29 is 32.3 Å². The van der Waals surface area contributed by atoms with Crippen LogP contribution < -0.4 is 10.1 Å². The Balaban J connectivity index is 1.72. The number of ether oxygens (including phenoxy) is 1. The van der Waals surface area contributed by atoms with Crippen LogP contribution in [0.1, 0.15) is 71.8 Å². The normalized spacial score (nSPS) is 29.4. The topological polar surface area (TPSA) is 75.7 Å². The molecule has 0 radical (unpaired) electrons. The second kappa shape index (κ2) is 10.0. The summed E-state index contributed by atoms with van der Waals surface area (Å²) in [7, 11) is 1.52. The molecule has 38 heavy (non-hydrogen) atoms. The van der Waals surface area contributed by atoms with E-state index >= 15 is 13.2 Å². The Morgan fingerprint density at radius 2 is 1.76 bits per heavy atom. The lowest BCUT2D eigenvalue weighted by molar-refractivity contribution is -0.195. The molecule has 1 heterocycles. The fraction of sp³-hybridized carbons (Fsp3) is 0.621. The third-order valence-electron chi connectivity index (χ3n) is 8.61. The molecule has 1 aromatic carbocycles. The molecule has 6 nitrogen and oxygen atoms in total. The first-order valence-corrected chi connectivity index (χ1v) is 13.3. The molecule has 0 bridgehead atoms. The third kappa shape index (κ3) is 4.84. The van der Waals surface area contributed by atoms with E-state index in [-0.39, 0.29) is 43.2 Å². The molecule has 0 aromatic heterocycles. The van der Waals surface area contributed by atoms with Crippen molar-refractivity contribution in [3.63, 3.8) is 0 Å². The van der Waals surface area contributed by atoms with Gasteiger partial charge in [0, 0.05) is 24.6 Å². The van der Waals surface area contributed by atoms with Crippen LogP contribution in [-0.4, -0.2) is 47.4 Å². The second-order valence-corrected chi connectivity index (χ2v) is 11.9. The van der Waals surface area contributed by atoms with Gasteiger partial charge in [-0.1, -0.05) is 52.7 Å². The average molecular weight is 535 g/mol.